The predicted molar refractivity (Wildman–Crippen MR) is 72.9 cm³/mol. The molecular formula is C14H24N2O2. The van der Waals surface area contributed by atoms with E-state index in [1.54, 1.807) is 13.3 Å². The quantitative estimate of drug-likeness (QED) is 0.772. The van der Waals surface area contributed by atoms with E-state index in [0.29, 0.717) is 0 Å². The minimum atomic E-state index is 0.155. The number of ether oxygens (including phenoxy) is 2. The SMILES string of the molecule is CCNC(c1cncc(OC)c1)C(CC)OCC. The molecule has 1 rings (SSSR count). The summed E-state index contributed by atoms with van der Waals surface area (Å²) in [7, 11) is 1.66. The van der Waals surface area contributed by atoms with Crippen LogP contribution in [0.1, 0.15) is 38.8 Å². The van der Waals surface area contributed by atoms with Crippen molar-refractivity contribution in [2.45, 2.75) is 39.3 Å². The monoisotopic (exact) mass is 252 g/mol. The van der Waals surface area contributed by atoms with E-state index in [2.05, 4.69) is 24.1 Å². The van der Waals surface area contributed by atoms with E-state index >= 15 is 0 Å². The summed E-state index contributed by atoms with van der Waals surface area (Å²) in [5.41, 5.74) is 1.11. The Morgan fingerprint density at radius 1 is 1.28 bits per heavy atom. The highest BCUT2D eigenvalue weighted by Crippen LogP contribution is 2.24. The lowest BCUT2D eigenvalue weighted by Crippen LogP contribution is -2.33. The molecule has 0 aromatic carbocycles. The zero-order chi connectivity index (χ0) is 13.4. The molecule has 0 amide bonds. The molecule has 0 saturated carbocycles. The molecule has 102 valence electrons. The van der Waals surface area contributed by atoms with Crippen molar-refractivity contribution in [3.8, 4) is 5.75 Å². The van der Waals surface area contributed by atoms with Gasteiger partial charge in [-0.15, -0.1) is 0 Å². The van der Waals surface area contributed by atoms with Gasteiger partial charge in [-0.1, -0.05) is 13.8 Å². The molecule has 18 heavy (non-hydrogen) atoms. The Kier molecular flexibility index (Phi) is 6.68. The van der Waals surface area contributed by atoms with Crippen molar-refractivity contribution in [2.75, 3.05) is 20.3 Å². The zero-order valence-electron chi connectivity index (χ0n) is 11.8. The molecule has 0 spiro atoms. The predicted octanol–water partition coefficient (Wildman–Crippen LogP) is 2.56. The van der Waals surface area contributed by atoms with Gasteiger partial charge in [0.05, 0.1) is 25.5 Å². The Balaban J connectivity index is 2.93. The highest BCUT2D eigenvalue weighted by atomic mass is 16.5. The third kappa shape index (κ3) is 3.96. The van der Waals surface area contributed by atoms with E-state index in [1.807, 2.05) is 19.2 Å². The van der Waals surface area contributed by atoms with Gasteiger partial charge in [0.2, 0.25) is 0 Å². The van der Waals surface area contributed by atoms with Crippen LogP contribution < -0.4 is 10.1 Å². The third-order valence-corrected chi connectivity index (χ3v) is 2.91. The molecule has 1 aromatic rings. The third-order valence-electron chi connectivity index (χ3n) is 2.91. The number of pyridine rings is 1. The van der Waals surface area contributed by atoms with Gasteiger partial charge in [0.1, 0.15) is 5.75 Å². The first-order chi connectivity index (χ1) is 8.76. The van der Waals surface area contributed by atoms with Gasteiger partial charge in [-0.25, -0.2) is 0 Å². The standard InChI is InChI=1S/C14H24N2O2/c1-5-13(18-7-3)14(16-6-2)11-8-12(17-4)10-15-9-11/h8-10,13-14,16H,5-7H2,1-4H3. The number of hydrogen-bond donors (Lipinski definition) is 1. The highest BCUT2D eigenvalue weighted by molar-refractivity contribution is 5.26. The summed E-state index contributed by atoms with van der Waals surface area (Å²) in [5.74, 6) is 0.779. The average molecular weight is 252 g/mol. The van der Waals surface area contributed by atoms with Crippen LogP contribution in [-0.2, 0) is 4.74 Å². The molecule has 1 N–H and O–H groups in total. The van der Waals surface area contributed by atoms with Crippen LogP contribution in [0.25, 0.3) is 0 Å². The summed E-state index contributed by atoms with van der Waals surface area (Å²) >= 11 is 0. The average Bonchev–Trinajstić information content (AvgIpc) is 2.42. The lowest BCUT2D eigenvalue weighted by molar-refractivity contribution is 0.0317. The first-order valence-corrected chi connectivity index (χ1v) is 6.60. The second-order valence-corrected chi connectivity index (χ2v) is 4.10. The Labute approximate surface area is 110 Å². The van der Waals surface area contributed by atoms with Crippen LogP contribution in [0.2, 0.25) is 0 Å². The number of aromatic nitrogens is 1. The first kappa shape index (κ1) is 14.9. The number of likely N-dealkylation sites (N-methyl/N-ethyl adjacent to an activating group) is 1. The van der Waals surface area contributed by atoms with E-state index in [-0.39, 0.29) is 12.1 Å². The summed E-state index contributed by atoms with van der Waals surface area (Å²) in [4.78, 5) is 4.21. The highest BCUT2D eigenvalue weighted by Gasteiger charge is 2.22. The smallest absolute Gasteiger partial charge is 0.137 e. The maximum Gasteiger partial charge on any atom is 0.137 e. The zero-order valence-corrected chi connectivity index (χ0v) is 11.8. The van der Waals surface area contributed by atoms with Crippen LogP contribution in [0, 0.1) is 0 Å². The Hall–Kier alpha value is -1.13. The Morgan fingerprint density at radius 2 is 2.06 bits per heavy atom. The lowest BCUT2D eigenvalue weighted by Gasteiger charge is -2.27. The number of nitrogens with zero attached hydrogens (tertiary/aromatic N) is 1. The molecule has 0 radical (unpaired) electrons. The largest absolute Gasteiger partial charge is 0.495 e. The van der Waals surface area contributed by atoms with Gasteiger partial charge in [-0.3, -0.25) is 4.98 Å². The van der Waals surface area contributed by atoms with Gasteiger partial charge in [-0.2, -0.15) is 0 Å². The number of hydrogen-bond acceptors (Lipinski definition) is 4. The Morgan fingerprint density at radius 3 is 2.61 bits per heavy atom. The van der Waals surface area contributed by atoms with E-state index in [0.717, 1.165) is 30.9 Å². The van der Waals surface area contributed by atoms with Crippen LogP contribution >= 0.6 is 0 Å². The molecule has 0 saturated heterocycles. The summed E-state index contributed by atoms with van der Waals surface area (Å²) in [6.45, 7) is 7.87. The molecule has 4 nitrogen and oxygen atoms in total. The van der Waals surface area contributed by atoms with Gasteiger partial charge in [0, 0.05) is 12.8 Å². The summed E-state index contributed by atoms with van der Waals surface area (Å²) in [6, 6.07) is 2.17. The van der Waals surface area contributed by atoms with Gasteiger partial charge >= 0.3 is 0 Å². The van der Waals surface area contributed by atoms with Crippen molar-refractivity contribution >= 4 is 0 Å². The fraction of sp³-hybridized carbons (Fsp3) is 0.643. The molecule has 2 atom stereocenters. The summed E-state index contributed by atoms with van der Waals surface area (Å²) < 4.78 is 11.0. The fourth-order valence-electron chi connectivity index (χ4n) is 2.07. The number of nitrogens with one attached hydrogen (secondary N) is 1. The normalized spacial score (nSPS) is 14.2. The van der Waals surface area contributed by atoms with Crippen LogP contribution in [-0.4, -0.2) is 31.3 Å². The van der Waals surface area contributed by atoms with E-state index in [9.17, 15) is 0 Å². The number of methoxy groups -OCH3 is 1. The first-order valence-electron chi connectivity index (χ1n) is 6.60. The molecule has 0 aliphatic heterocycles. The molecule has 1 aromatic heterocycles. The second kappa shape index (κ2) is 8.06. The lowest BCUT2D eigenvalue weighted by atomic mass is 10.0. The molecule has 0 aliphatic carbocycles. The maximum atomic E-state index is 5.80. The maximum absolute atomic E-state index is 5.80. The fourth-order valence-corrected chi connectivity index (χ4v) is 2.07. The van der Waals surface area contributed by atoms with Crippen molar-refractivity contribution in [2.24, 2.45) is 0 Å². The van der Waals surface area contributed by atoms with Crippen molar-refractivity contribution < 1.29 is 9.47 Å². The van der Waals surface area contributed by atoms with Crippen molar-refractivity contribution in [1.29, 1.82) is 0 Å². The van der Waals surface area contributed by atoms with Crippen LogP contribution in [0.5, 0.6) is 5.75 Å². The molecule has 2 unspecified atom stereocenters. The topological polar surface area (TPSA) is 43.4 Å². The van der Waals surface area contributed by atoms with E-state index in [4.69, 9.17) is 9.47 Å². The van der Waals surface area contributed by atoms with Gasteiger partial charge in [0.25, 0.3) is 0 Å². The molecule has 0 fully saturated rings. The molecule has 4 heteroatoms. The molecule has 0 bridgehead atoms. The van der Waals surface area contributed by atoms with Crippen LogP contribution in [0.3, 0.4) is 0 Å². The van der Waals surface area contributed by atoms with Crippen molar-refractivity contribution in [3.63, 3.8) is 0 Å². The number of rotatable bonds is 8. The summed E-state index contributed by atoms with van der Waals surface area (Å²) in [6.07, 6.45) is 4.71. The van der Waals surface area contributed by atoms with Crippen molar-refractivity contribution in [1.82, 2.24) is 10.3 Å². The molecular weight excluding hydrogens is 228 g/mol. The molecule has 1 heterocycles. The van der Waals surface area contributed by atoms with Gasteiger partial charge in [-0.05, 0) is 31.5 Å². The van der Waals surface area contributed by atoms with Crippen LogP contribution in [0.15, 0.2) is 18.5 Å². The van der Waals surface area contributed by atoms with Gasteiger partial charge in [0.15, 0.2) is 0 Å². The van der Waals surface area contributed by atoms with E-state index < -0.39 is 0 Å². The Bertz CT molecular complexity index is 344. The molecule has 0 aliphatic rings. The van der Waals surface area contributed by atoms with Crippen LogP contribution in [0.4, 0.5) is 0 Å². The minimum absolute atomic E-state index is 0.155. The second-order valence-electron chi connectivity index (χ2n) is 4.10. The van der Waals surface area contributed by atoms with Gasteiger partial charge < -0.3 is 14.8 Å². The minimum Gasteiger partial charge on any atom is -0.495 e. The summed E-state index contributed by atoms with van der Waals surface area (Å²) in [5, 5.41) is 3.47. The van der Waals surface area contributed by atoms with Crippen molar-refractivity contribution in [3.05, 3.63) is 24.0 Å². The van der Waals surface area contributed by atoms with E-state index in [1.165, 1.54) is 0 Å².